The van der Waals surface area contributed by atoms with Crippen LogP contribution >= 0.6 is 11.3 Å². The zero-order valence-electron chi connectivity index (χ0n) is 11.5. The number of carbonyl (C=O) groups is 1. The summed E-state index contributed by atoms with van der Waals surface area (Å²) in [6, 6.07) is 7.98. The second-order valence-electron chi connectivity index (χ2n) is 4.89. The molecule has 3 aromatic rings. The Kier molecular flexibility index (Phi) is 3.22. The molecule has 1 aromatic carbocycles. The van der Waals surface area contributed by atoms with Crippen molar-refractivity contribution < 1.29 is 14.3 Å². The van der Waals surface area contributed by atoms with Gasteiger partial charge < -0.3 is 5.11 Å². The highest BCUT2D eigenvalue weighted by atomic mass is 32.1. The summed E-state index contributed by atoms with van der Waals surface area (Å²) in [4.78, 5) is 18.0. The predicted molar refractivity (Wildman–Crippen MR) is 81.4 cm³/mol. The summed E-state index contributed by atoms with van der Waals surface area (Å²) in [5.41, 5.74) is 1.83. The van der Waals surface area contributed by atoms with Gasteiger partial charge in [-0.3, -0.25) is 0 Å². The third-order valence-electron chi connectivity index (χ3n) is 3.29. The summed E-state index contributed by atoms with van der Waals surface area (Å²) < 4.78 is 13.5. The third kappa shape index (κ3) is 2.40. The van der Waals surface area contributed by atoms with E-state index in [1.807, 2.05) is 19.1 Å². The highest BCUT2D eigenvalue weighted by molar-refractivity contribution is 7.15. The number of carboxylic acids is 1. The lowest BCUT2D eigenvalue weighted by Crippen LogP contribution is -2.01. The van der Waals surface area contributed by atoms with E-state index in [4.69, 9.17) is 0 Å². The second-order valence-corrected chi connectivity index (χ2v) is 6.18. The first-order valence-electron chi connectivity index (χ1n) is 6.36. The third-order valence-corrected chi connectivity index (χ3v) is 4.32. The molecule has 0 spiro atoms. The van der Waals surface area contributed by atoms with Crippen LogP contribution in [0.4, 0.5) is 4.39 Å². The Morgan fingerprint density at radius 2 is 2.00 bits per heavy atom. The van der Waals surface area contributed by atoms with E-state index in [-0.39, 0.29) is 5.56 Å². The molecule has 0 atom stereocenters. The van der Waals surface area contributed by atoms with Gasteiger partial charge >= 0.3 is 5.97 Å². The Morgan fingerprint density at radius 1 is 1.24 bits per heavy atom. The van der Waals surface area contributed by atoms with Crippen LogP contribution in [0.5, 0.6) is 0 Å². The standard InChI is InChI=1S/C16H12FNO2S/c1-8-5-10(17)6-11-12(16(19)20)7-13(18-15(8)11)14-4-3-9(2)21-14/h3-7H,1-2H3,(H,19,20). The maximum absolute atomic E-state index is 13.5. The maximum atomic E-state index is 13.5. The van der Waals surface area contributed by atoms with E-state index in [1.165, 1.54) is 18.2 Å². The van der Waals surface area contributed by atoms with Gasteiger partial charge in [0, 0.05) is 10.3 Å². The number of carboxylic acid groups (broad SMARTS) is 1. The predicted octanol–water partition coefficient (Wildman–Crippen LogP) is 4.42. The summed E-state index contributed by atoms with van der Waals surface area (Å²) in [6.45, 7) is 3.71. The number of fused-ring (bicyclic) bond motifs is 1. The van der Waals surface area contributed by atoms with E-state index >= 15 is 0 Å². The summed E-state index contributed by atoms with van der Waals surface area (Å²) in [6.07, 6.45) is 0. The van der Waals surface area contributed by atoms with Crippen molar-refractivity contribution in [2.75, 3.05) is 0 Å². The Balaban J connectivity index is 2.37. The fraction of sp³-hybridized carbons (Fsp3) is 0.125. The van der Waals surface area contributed by atoms with Gasteiger partial charge in [0.1, 0.15) is 5.82 Å². The van der Waals surface area contributed by atoms with Gasteiger partial charge in [-0.25, -0.2) is 14.2 Å². The van der Waals surface area contributed by atoms with Gasteiger partial charge in [-0.05, 0) is 49.7 Å². The zero-order chi connectivity index (χ0) is 15.1. The van der Waals surface area contributed by atoms with Gasteiger partial charge in [0.15, 0.2) is 0 Å². The Morgan fingerprint density at radius 3 is 2.62 bits per heavy atom. The molecular weight excluding hydrogens is 289 g/mol. The van der Waals surface area contributed by atoms with Crippen LogP contribution in [0.15, 0.2) is 30.3 Å². The first-order valence-corrected chi connectivity index (χ1v) is 7.18. The van der Waals surface area contributed by atoms with Gasteiger partial charge in [-0.1, -0.05) is 0 Å². The van der Waals surface area contributed by atoms with Crippen molar-refractivity contribution in [1.82, 2.24) is 4.98 Å². The van der Waals surface area contributed by atoms with Crippen molar-refractivity contribution in [3.8, 4) is 10.6 Å². The molecule has 0 saturated carbocycles. The highest BCUT2D eigenvalue weighted by Gasteiger charge is 2.16. The number of nitrogens with zero attached hydrogens (tertiary/aromatic N) is 1. The molecule has 106 valence electrons. The minimum Gasteiger partial charge on any atom is -0.478 e. The summed E-state index contributed by atoms with van der Waals surface area (Å²) in [7, 11) is 0. The fourth-order valence-electron chi connectivity index (χ4n) is 2.33. The normalized spacial score (nSPS) is 11.0. The van der Waals surface area contributed by atoms with Crippen LogP contribution in [0.3, 0.4) is 0 Å². The van der Waals surface area contributed by atoms with E-state index in [9.17, 15) is 14.3 Å². The largest absolute Gasteiger partial charge is 0.478 e. The Hall–Kier alpha value is -2.27. The molecule has 21 heavy (non-hydrogen) atoms. The molecule has 0 bridgehead atoms. The first-order chi connectivity index (χ1) is 9.95. The molecule has 0 saturated heterocycles. The first kappa shape index (κ1) is 13.7. The van der Waals surface area contributed by atoms with Crippen molar-refractivity contribution >= 4 is 28.2 Å². The molecule has 1 N–H and O–H groups in total. The lowest BCUT2D eigenvalue weighted by molar-refractivity contribution is 0.0699. The fourth-order valence-corrected chi connectivity index (χ4v) is 3.16. The minimum absolute atomic E-state index is 0.0728. The topological polar surface area (TPSA) is 50.2 Å². The van der Waals surface area contributed by atoms with Crippen LogP contribution in [-0.2, 0) is 0 Å². The molecule has 0 unspecified atom stereocenters. The number of aromatic carboxylic acids is 1. The number of thiophene rings is 1. The monoisotopic (exact) mass is 301 g/mol. The number of aromatic nitrogens is 1. The van der Waals surface area contributed by atoms with E-state index in [1.54, 1.807) is 18.3 Å². The summed E-state index contributed by atoms with van der Waals surface area (Å²) >= 11 is 1.55. The molecule has 0 fully saturated rings. The van der Waals surface area contributed by atoms with Crippen molar-refractivity contribution in [2.24, 2.45) is 0 Å². The van der Waals surface area contributed by atoms with Crippen LogP contribution < -0.4 is 0 Å². The maximum Gasteiger partial charge on any atom is 0.336 e. The summed E-state index contributed by atoms with van der Waals surface area (Å²) in [5.74, 6) is -1.54. The molecule has 0 aliphatic heterocycles. The van der Waals surface area contributed by atoms with Crippen LogP contribution in [0.25, 0.3) is 21.5 Å². The number of benzene rings is 1. The molecule has 0 aliphatic carbocycles. The molecule has 3 rings (SSSR count). The van der Waals surface area contributed by atoms with Crippen LogP contribution in [0.1, 0.15) is 20.8 Å². The number of rotatable bonds is 2. The number of aryl methyl sites for hydroxylation is 2. The number of hydrogen-bond acceptors (Lipinski definition) is 3. The zero-order valence-corrected chi connectivity index (χ0v) is 12.3. The van der Waals surface area contributed by atoms with Gasteiger partial charge in [0.25, 0.3) is 0 Å². The van der Waals surface area contributed by atoms with Crippen molar-refractivity contribution in [3.63, 3.8) is 0 Å². The molecule has 2 aromatic heterocycles. The van der Waals surface area contributed by atoms with E-state index in [0.29, 0.717) is 22.2 Å². The van der Waals surface area contributed by atoms with Crippen molar-refractivity contribution in [2.45, 2.75) is 13.8 Å². The smallest absolute Gasteiger partial charge is 0.336 e. The molecule has 0 amide bonds. The Labute approximate surface area is 124 Å². The molecule has 0 aliphatic rings. The van der Waals surface area contributed by atoms with Crippen LogP contribution in [0, 0.1) is 19.7 Å². The van der Waals surface area contributed by atoms with Crippen molar-refractivity contribution in [1.29, 1.82) is 0 Å². The van der Waals surface area contributed by atoms with Crippen LogP contribution in [0.2, 0.25) is 0 Å². The number of halogens is 1. The lowest BCUT2D eigenvalue weighted by Gasteiger charge is -2.08. The average Bonchev–Trinajstić information content (AvgIpc) is 2.84. The molecule has 2 heterocycles. The molecule has 5 heteroatoms. The Bertz CT molecular complexity index is 870. The van der Waals surface area contributed by atoms with Crippen LogP contribution in [-0.4, -0.2) is 16.1 Å². The van der Waals surface area contributed by atoms with Gasteiger partial charge in [0.05, 0.1) is 21.7 Å². The van der Waals surface area contributed by atoms with Gasteiger partial charge in [-0.2, -0.15) is 0 Å². The van der Waals surface area contributed by atoms with Gasteiger partial charge in [-0.15, -0.1) is 11.3 Å². The SMILES string of the molecule is Cc1ccc(-c2cc(C(=O)O)c3cc(F)cc(C)c3n2)s1. The second kappa shape index (κ2) is 4.93. The highest BCUT2D eigenvalue weighted by Crippen LogP contribution is 2.31. The van der Waals surface area contributed by atoms with Gasteiger partial charge in [0.2, 0.25) is 0 Å². The lowest BCUT2D eigenvalue weighted by atomic mass is 10.0. The van der Waals surface area contributed by atoms with E-state index < -0.39 is 11.8 Å². The van der Waals surface area contributed by atoms with E-state index in [2.05, 4.69) is 4.98 Å². The van der Waals surface area contributed by atoms with E-state index in [0.717, 1.165) is 9.75 Å². The number of hydrogen-bond donors (Lipinski definition) is 1. The quantitative estimate of drug-likeness (QED) is 0.762. The average molecular weight is 301 g/mol. The molecular formula is C16H12FNO2S. The molecule has 3 nitrogen and oxygen atoms in total. The van der Waals surface area contributed by atoms with Crippen molar-refractivity contribution in [3.05, 3.63) is 52.2 Å². The minimum atomic E-state index is -1.08. The summed E-state index contributed by atoms with van der Waals surface area (Å²) in [5, 5.41) is 9.72. The number of pyridine rings is 1. The molecule has 0 radical (unpaired) electrons.